The van der Waals surface area contributed by atoms with Crippen LogP contribution in [0.25, 0.3) is 0 Å². The summed E-state index contributed by atoms with van der Waals surface area (Å²) in [6, 6.07) is 0. The highest BCUT2D eigenvalue weighted by atomic mass is 16.7. The second kappa shape index (κ2) is 12.3. The lowest BCUT2D eigenvalue weighted by molar-refractivity contribution is -0.147. The van der Waals surface area contributed by atoms with Crippen molar-refractivity contribution in [3.8, 4) is 0 Å². The minimum absolute atomic E-state index is 0.316. The summed E-state index contributed by atoms with van der Waals surface area (Å²) in [5.74, 6) is 0.434. The molecule has 1 aliphatic rings. The van der Waals surface area contributed by atoms with Gasteiger partial charge >= 0.3 is 0 Å². The van der Waals surface area contributed by atoms with Crippen LogP contribution in [-0.2, 0) is 9.47 Å². The van der Waals surface area contributed by atoms with Crippen LogP contribution in [0.1, 0.15) is 118 Å². The van der Waals surface area contributed by atoms with Gasteiger partial charge in [-0.05, 0) is 32.6 Å². The molecule has 1 heterocycles. The van der Waals surface area contributed by atoms with Gasteiger partial charge in [0.1, 0.15) is 0 Å². The average molecular weight is 341 g/mol. The Bertz CT molecular complexity index is 298. The second-order valence-corrected chi connectivity index (χ2v) is 8.65. The first kappa shape index (κ1) is 22.0. The van der Waals surface area contributed by atoms with Gasteiger partial charge in [0.05, 0.1) is 12.2 Å². The van der Waals surface area contributed by atoms with Gasteiger partial charge in [-0.1, -0.05) is 91.4 Å². The maximum Gasteiger partial charge on any atom is 0.163 e. The Labute approximate surface area is 152 Å². The minimum atomic E-state index is -0.381. The SMILES string of the molecule is CCCCCCCCCC[C@@H]1OC(C)(C)O[C@@H]1CCCCC(C)C. The van der Waals surface area contributed by atoms with Gasteiger partial charge in [-0.2, -0.15) is 0 Å². The lowest BCUT2D eigenvalue weighted by atomic mass is 9.98. The number of rotatable bonds is 14. The maximum atomic E-state index is 6.18. The molecule has 1 rings (SSSR count). The Morgan fingerprint density at radius 3 is 1.67 bits per heavy atom. The summed E-state index contributed by atoms with van der Waals surface area (Å²) in [4.78, 5) is 0. The summed E-state index contributed by atoms with van der Waals surface area (Å²) in [5.41, 5.74) is 0. The maximum absolute atomic E-state index is 6.18. The molecule has 1 aliphatic heterocycles. The lowest BCUT2D eigenvalue weighted by Gasteiger charge is -2.17. The van der Waals surface area contributed by atoms with Crippen LogP contribution in [0, 0.1) is 5.92 Å². The van der Waals surface area contributed by atoms with E-state index in [0.717, 1.165) is 12.3 Å². The van der Waals surface area contributed by atoms with E-state index < -0.39 is 0 Å². The van der Waals surface area contributed by atoms with Gasteiger partial charge in [-0.25, -0.2) is 0 Å². The Morgan fingerprint density at radius 1 is 0.708 bits per heavy atom. The molecule has 0 aromatic rings. The first-order chi connectivity index (χ1) is 11.4. The van der Waals surface area contributed by atoms with Gasteiger partial charge in [0, 0.05) is 0 Å². The van der Waals surface area contributed by atoms with E-state index in [1.165, 1.54) is 77.0 Å². The first-order valence-electron chi connectivity index (χ1n) is 10.8. The Morgan fingerprint density at radius 2 is 1.17 bits per heavy atom. The average Bonchev–Trinajstić information content (AvgIpc) is 2.80. The molecule has 0 aromatic heterocycles. The zero-order valence-corrected chi connectivity index (χ0v) is 17.2. The van der Waals surface area contributed by atoms with E-state index in [4.69, 9.17) is 9.47 Å². The summed E-state index contributed by atoms with van der Waals surface area (Å²) in [6.07, 6.45) is 17.9. The molecule has 0 aliphatic carbocycles. The zero-order valence-electron chi connectivity index (χ0n) is 17.2. The van der Waals surface area contributed by atoms with E-state index in [-0.39, 0.29) is 5.79 Å². The van der Waals surface area contributed by atoms with Crippen molar-refractivity contribution in [1.82, 2.24) is 0 Å². The fourth-order valence-corrected chi connectivity index (χ4v) is 3.78. The van der Waals surface area contributed by atoms with Gasteiger partial charge in [-0.3, -0.25) is 0 Å². The molecule has 144 valence electrons. The number of hydrogen-bond donors (Lipinski definition) is 0. The highest BCUT2D eigenvalue weighted by molar-refractivity contribution is 4.81. The van der Waals surface area contributed by atoms with Crippen LogP contribution >= 0.6 is 0 Å². The van der Waals surface area contributed by atoms with Crippen molar-refractivity contribution in [3.05, 3.63) is 0 Å². The van der Waals surface area contributed by atoms with Crippen LogP contribution in [0.4, 0.5) is 0 Å². The van der Waals surface area contributed by atoms with Crippen LogP contribution in [0.15, 0.2) is 0 Å². The lowest BCUT2D eigenvalue weighted by Crippen LogP contribution is -2.22. The van der Waals surface area contributed by atoms with E-state index in [2.05, 4.69) is 34.6 Å². The quantitative estimate of drug-likeness (QED) is 0.310. The Hall–Kier alpha value is -0.0800. The molecule has 2 heteroatoms. The van der Waals surface area contributed by atoms with Crippen LogP contribution < -0.4 is 0 Å². The van der Waals surface area contributed by atoms with E-state index in [1.54, 1.807) is 0 Å². The molecule has 0 N–H and O–H groups in total. The van der Waals surface area contributed by atoms with Gasteiger partial charge in [-0.15, -0.1) is 0 Å². The van der Waals surface area contributed by atoms with Gasteiger partial charge < -0.3 is 9.47 Å². The van der Waals surface area contributed by atoms with Crippen molar-refractivity contribution in [3.63, 3.8) is 0 Å². The van der Waals surface area contributed by atoms with Crippen molar-refractivity contribution in [2.24, 2.45) is 5.92 Å². The molecule has 1 fully saturated rings. The Kier molecular flexibility index (Phi) is 11.3. The molecular formula is C22H44O2. The van der Waals surface area contributed by atoms with Crippen LogP contribution in [-0.4, -0.2) is 18.0 Å². The summed E-state index contributed by atoms with van der Waals surface area (Å²) in [6.45, 7) is 11.0. The molecule has 0 radical (unpaired) electrons. The third kappa shape index (κ3) is 10.0. The van der Waals surface area contributed by atoms with Crippen molar-refractivity contribution in [1.29, 1.82) is 0 Å². The molecule has 24 heavy (non-hydrogen) atoms. The monoisotopic (exact) mass is 340 g/mol. The highest BCUT2D eigenvalue weighted by Gasteiger charge is 2.40. The molecule has 1 saturated heterocycles. The van der Waals surface area contributed by atoms with E-state index in [9.17, 15) is 0 Å². The molecule has 0 aromatic carbocycles. The van der Waals surface area contributed by atoms with E-state index >= 15 is 0 Å². The fraction of sp³-hybridized carbons (Fsp3) is 1.00. The molecule has 0 spiro atoms. The normalized spacial score (nSPS) is 23.2. The summed E-state index contributed by atoms with van der Waals surface area (Å²) in [5, 5.41) is 0. The smallest absolute Gasteiger partial charge is 0.163 e. The molecule has 0 bridgehead atoms. The minimum Gasteiger partial charge on any atom is -0.345 e. The summed E-state index contributed by atoms with van der Waals surface area (Å²) in [7, 11) is 0. The van der Waals surface area contributed by atoms with Gasteiger partial charge in [0.2, 0.25) is 0 Å². The van der Waals surface area contributed by atoms with Crippen LogP contribution in [0.5, 0.6) is 0 Å². The number of hydrogen-bond acceptors (Lipinski definition) is 2. The molecule has 0 amide bonds. The topological polar surface area (TPSA) is 18.5 Å². The standard InChI is InChI=1S/C22H44O2/c1-6-7-8-9-10-11-12-13-17-20-21(24-22(4,5)23-20)18-15-14-16-19(2)3/h19-21H,6-18H2,1-5H3/t20-,21+/m0/s1. The summed E-state index contributed by atoms with van der Waals surface area (Å²) < 4.78 is 12.3. The van der Waals surface area contributed by atoms with Crippen molar-refractivity contribution in [2.45, 2.75) is 136 Å². The third-order valence-electron chi connectivity index (χ3n) is 5.15. The Balaban J connectivity index is 2.15. The van der Waals surface area contributed by atoms with Crippen molar-refractivity contribution < 1.29 is 9.47 Å². The zero-order chi connectivity index (χ0) is 17.8. The number of unbranched alkanes of at least 4 members (excludes halogenated alkanes) is 8. The number of ether oxygens (including phenoxy) is 2. The van der Waals surface area contributed by atoms with E-state index in [0.29, 0.717) is 12.2 Å². The predicted molar refractivity (Wildman–Crippen MR) is 104 cm³/mol. The first-order valence-corrected chi connectivity index (χ1v) is 10.8. The van der Waals surface area contributed by atoms with Crippen molar-refractivity contribution in [2.75, 3.05) is 0 Å². The second-order valence-electron chi connectivity index (χ2n) is 8.65. The van der Waals surface area contributed by atoms with Crippen molar-refractivity contribution >= 4 is 0 Å². The van der Waals surface area contributed by atoms with Gasteiger partial charge in [0.15, 0.2) is 5.79 Å². The molecule has 2 atom stereocenters. The predicted octanol–water partition coefficient (Wildman–Crippen LogP) is 7.25. The van der Waals surface area contributed by atoms with Crippen LogP contribution in [0.2, 0.25) is 0 Å². The molecule has 2 nitrogen and oxygen atoms in total. The van der Waals surface area contributed by atoms with Gasteiger partial charge in [0.25, 0.3) is 0 Å². The molecular weight excluding hydrogens is 296 g/mol. The summed E-state index contributed by atoms with van der Waals surface area (Å²) >= 11 is 0. The van der Waals surface area contributed by atoms with Crippen LogP contribution in [0.3, 0.4) is 0 Å². The van der Waals surface area contributed by atoms with E-state index in [1.807, 2.05) is 0 Å². The third-order valence-corrected chi connectivity index (χ3v) is 5.15. The molecule has 0 saturated carbocycles. The largest absolute Gasteiger partial charge is 0.345 e. The fourth-order valence-electron chi connectivity index (χ4n) is 3.78. The molecule has 0 unspecified atom stereocenters. The highest BCUT2D eigenvalue weighted by Crippen LogP contribution is 2.33.